The van der Waals surface area contributed by atoms with Crippen molar-refractivity contribution >= 4 is 51.0 Å². The van der Waals surface area contributed by atoms with Crippen LogP contribution in [0.15, 0.2) is 58.2 Å². The number of Topliss-reactive ketones (excluding diaryl/α,β-unsaturated/α-hetero) is 1. The number of hydrogen-bond donors (Lipinski definition) is 1. The maximum absolute atomic E-state index is 12.5. The van der Waals surface area contributed by atoms with Gasteiger partial charge in [-0.3, -0.25) is 9.59 Å². The summed E-state index contributed by atoms with van der Waals surface area (Å²) in [4.78, 5) is 24.8. The van der Waals surface area contributed by atoms with E-state index in [0.717, 1.165) is 4.47 Å². The van der Waals surface area contributed by atoms with E-state index in [2.05, 4.69) is 31.4 Å². The van der Waals surface area contributed by atoms with E-state index >= 15 is 0 Å². The average molecular weight is 494 g/mol. The van der Waals surface area contributed by atoms with Crippen LogP contribution in [0.2, 0.25) is 5.02 Å². The van der Waals surface area contributed by atoms with Gasteiger partial charge in [0.15, 0.2) is 16.8 Å². The van der Waals surface area contributed by atoms with E-state index in [0.29, 0.717) is 27.1 Å². The molecule has 150 valence electrons. The van der Waals surface area contributed by atoms with Crippen molar-refractivity contribution in [2.24, 2.45) is 7.05 Å². The third-order valence-corrected chi connectivity index (χ3v) is 6.10. The molecule has 0 saturated heterocycles. The predicted octanol–water partition coefficient (Wildman–Crippen LogP) is 4.70. The van der Waals surface area contributed by atoms with Gasteiger partial charge < -0.3 is 9.88 Å². The molecule has 1 aromatic heterocycles. The Balaban J connectivity index is 1.64. The first-order chi connectivity index (χ1) is 13.9. The van der Waals surface area contributed by atoms with Gasteiger partial charge in [-0.2, -0.15) is 0 Å². The fourth-order valence-electron chi connectivity index (χ4n) is 2.66. The van der Waals surface area contributed by atoms with E-state index in [4.69, 9.17) is 11.6 Å². The van der Waals surface area contributed by atoms with Gasteiger partial charge in [0, 0.05) is 17.1 Å². The van der Waals surface area contributed by atoms with E-state index in [1.54, 1.807) is 48.0 Å². The van der Waals surface area contributed by atoms with Gasteiger partial charge in [-0.15, -0.1) is 10.2 Å². The molecule has 6 nitrogen and oxygen atoms in total. The molecule has 0 aliphatic carbocycles. The molecule has 0 bridgehead atoms. The second-order valence-corrected chi connectivity index (χ2v) is 8.56. The molecule has 1 heterocycles. The molecule has 9 heteroatoms. The number of nitrogens with one attached hydrogen (secondary N) is 1. The van der Waals surface area contributed by atoms with Gasteiger partial charge in [0.25, 0.3) is 5.91 Å². The van der Waals surface area contributed by atoms with Gasteiger partial charge in [-0.05, 0) is 31.2 Å². The van der Waals surface area contributed by atoms with Crippen molar-refractivity contribution in [1.29, 1.82) is 0 Å². The molecular formula is C20H18BrClN4O2S. The lowest BCUT2D eigenvalue weighted by Gasteiger charge is -2.14. The van der Waals surface area contributed by atoms with Crippen LogP contribution in [0.25, 0.3) is 0 Å². The second kappa shape index (κ2) is 9.56. The van der Waals surface area contributed by atoms with Crippen LogP contribution < -0.4 is 5.32 Å². The fraction of sp³-hybridized carbons (Fsp3) is 0.200. The van der Waals surface area contributed by atoms with E-state index in [1.807, 2.05) is 19.1 Å². The van der Waals surface area contributed by atoms with Gasteiger partial charge in [0.05, 0.1) is 22.4 Å². The smallest absolute Gasteiger partial charge is 0.253 e. The number of ketones is 1. The molecule has 0 fully saturated rings. The molecule has 1 amide bonds. The Morgan fingerprint density at radius 1 is 1.17 bits per heavy atom. The lowest BCUT2D eigenvalue weighted by Crippen LogP contribution is -2.28. The van der Waals surface area contributed by atoms with Crippen molar-refractivity contribution in [3.63, 3.8) is 0 Å². The minimum atomic E-state index is -0.382. The number of rotatable bonds is 7. The lowest BCUT2D eigenvalue weighted by atomic mass is 10.2. The monoisotopic (exact) mass is 492 g/mol. The van der Waals surface area contributed by atoms with Gasteiger partial charge >= 0.3 is 0 Å². The molecule has 0 spiro atoms. The zero-order chi connectivity index (χ0) is 21.0. The van der Waals surface area contributed by atoms with Crippen LogP contribution in [-0.2, 0) is 7.05 Å². The van der Waals surface area contributed by atoms with E-state index in [1.165, 1.54) is 11.8 Å². The number of halogens is 2. The topological polar surface area (TPSA) is 76.9 Å². The Morgan fingerprint density at radius 3 is 2.55 bits per heavy atom. The molecule has 1 atom stereocenters. The van der Waals surface area contributed by atoms with Crippen molar-refractivity contribution in [3.05, 3.63) is 75.0 Å². The summed E-state index contributed by atoms with van der Waals surface area (Å²) in [6.07, 6.45) is 0. The minimum Gasteiger partial charge on any atom is -0.342 e. The average Bonchev–Trinajstić information content (AvgIpc) is 3.07. The van der Waals surface area contributed by atoms with E-state index < -0.39 is 0 Å². The highest BCUT2D eigenvalue weighted by Crippen LogP contribution is 2.22. The Bertz CT molecular complexity index is 1040. The number of thioether (sulfide) groups is 1. The van der Waals surface area contributed by atoms with Gasteiger partial charge in [0.1, 0.15) is 0 Å². The highest BCUT2D eigenvalue weighted by molar-refractivity contribution is 9.10. The summed E-state index contributed by atoms with van der Waals surface area (Å²) in [5.74, 6) is 0.551. The normalized spacial score (nSPS) is 11.9. The van der Waals surface area contributed by atoms with Crippen molar-refractivity contribution in [3.8, 4) is 0 Å². The fourth-order valence-corrected chi connectivity index (χ4v) is 3.96. The number of aromatic nitrogens is 3. The maximum atomic E-state index is 12.5. The summed E-state index contributed by atoms with van der Waals surface area (Å²) in [6.45, 7) is 1.82. The van der Waals surface area contributed by atoms with E-state index in [9.17, 15) is 9.59 Å². The lowest BCUT2D eigenvalue weighted by molar-refractivity contribution is 0.0937. The van der Waals surface area contributed by atoms with Crippen molar-refractivity contribution < 1.29 is 9.59 Å². The first kappa shape index (κ1) is 21.5. The quantitative estimate of drug-likeness (QED) is 0.381. The summed E-state index contributed by atoms with van der Waals surface area (Å²) in [7, 11) is 1.81. The number of carbonyl (C=O) groups excluding carboxylic acids is 2. The third kappa shape index (κ3) is 5.26. The number of nitrogens with zero attached hydrogens (tertiary/aromatic N) is 3. The van der Waals surface area contributed by atoms with Crippen LogP contribution in [0.1, 0.15) is 39.5 Å². The second-order valence-electron chi connectivity index (χ2n) is 6.29. The number of amides is 1. The molecule has 1 N–H and O–H groups in total. The van der Waals surface area contributed by atoms with Gasteiger partial charge in [0.2, 0.25) is 0 Å². The first-order valence-corrected chi connectivity index (χ1v) is 10.9. The standard InChI is InChI=1S/C20H18BrClN4O2S/c1-12(23-19(28)15-5-3-4-6-16(15)22)18-24-25-20(26(18)2)29-11-17(27)13-7-9-14(21)10-8-13/h3-10,12H,11H2,1-2H3,(H,23,28)/t12-/m1/s1. The largest absolute Gasteiger partial charge is 0.342 e. The third-order valence-electron chi connectivity index (χ3n) is 4.22. The van der Waals surface area contributed by atoms with Crippen LogP contribution in [0, 0.1) is 0 Å². The maximum Gasteiger partial charge on any atom is 0.253 e. The number of benzene rings is 2. The number of hydrogen-bond acceptors (Lipinski definition) is 5. The molecule has 3 rings (SSSR count). The van der Waals surface area contributed by atoms with E-state index in [-0.39, 0.29) is 23.5 Å². The molecule has 0 aliphatic heterocycles. The molecule has 0 aliphatic rings. The van der Waals surface area contributed by atoms with Crippen molar-refractivity contribution in [2.75, 3.05) is 5.75 Å². The minimum absolute atomic E-state index is 0.00659. The Hall–Kier alpha value is -2.16. The Labute approximate surface area is 186 Å². The summed E-state index contributed by atoms with van der Waals surface area (Å²) < 4.78 is 2.70. The van der Waals surface area contributed by atoms with Crippen molar-refractivity contribution in [1.82, 2.24) is 20.1 Å². The van der Waals surface area contributed by atoms with Crippen molar-refractivity contribution in [2.45, 2.75) is 18.1 Å². The molecule has 3 aromatic rings. The molecule has 29 heavy (non-hydrogen) atoms. The summed E-state index contributed by atoms with van der Waals surface area (Å²) in [6, 6.07) is 13.7. The number of carbonyl (C=O) groups is 2. The highest BCUT2D eigenvalue weighted by Gasteiger charge is 2.20. The first-order valence-electron chi connectivity index (χ1n) is 8.73. The highest BCUT2D eigenvalue weighted by atomic mass is 79.9. The summed E-state index contributed by atoms with van der Waals surface area (Å²) in [5, 5.41) is 12.2. The van der Waals surface area contributed by atoms with Crippen LogP contribution in [0.5, 0.6) is 0 Å². The SMILES string of the molecule is C[C@@H](NC(=O)c1ccccc1Cl)c1nnc(SCC(=O)c2ccc(Br)cc2)n1C. The summed E-state index contributed by atoms with van der Waals surface area (Å²) >= 11 is 10.7. The van der Waals surface area contributed by atoms with Crippen LogP contribution in [0.4, 0.5) is 0 Å². The van der Waals surface area contributed by atoms with Crippen LogP contribution >= 0.6 is 39.3 Å². The van der Waals surface area contributed by atoms with Crippen LogP contribution in [0.3, 0.4) is 0 Å². The van der Waals surface area contributed by atoms with Crippen LogP contribution in [-0.4, -0.2) is 32.2 Å². The Morgan fingerprint density at radius 2 is 1.86 bits per heavy atom. The predicted molar refractivity (Wildman–Crippen MR) is 118 cm³/mol. The van der Waals surface area contributed by atoms with Gasteiger partial charge in [-0.1, -0.05) is 63.6 Å². The molecule has 2 aromatic carbocycles. The molecule has 0 saturated carbocycles. The Kier molecular flexibility index (Phi) is 7.10. The zero-order valence-electron chi connectivity index (χ0n) is 15.7. The summed E-state index contributed by atoms with van der Waals surface area (Å²) in [5.41, 5.74) is 1.04. The van der Waals surface area contributed by atoms with Gasteiger partial charge in [-0.25, -0.2) is 0 Å². The molecular weight excluding hydrogens is 476 g/mol. The molecule has 0 unspecified atom stereocenters. The zero-order valence-corrected chi connectivity index (χ0v) is 18.9. The molecule has 0 radical (unpaired) electrons.